The Morgan fingerprint density at radius 3 is 2.55 bits per heavy atom. The lowest BCUT2D eigenvalue weighted by Crippen LogP contribution is -2.23. The molecule has 1 amide bonds. The van der Waals surface area contributed by atoms with Crippen molar-refractivity contribution in [3.05, 3.63) is 102 Å². The van der Waals surface area contributed by atoms with Gasteiger partial charge < -0.3 is 20.4 Å². The summed E-state index contributed by atoms with van der Waals surface area (Å²) in [6, 6.07) is 16.1. The molecule has 0 radical (unpaired) electrons. The molecule has 2 aromatic carbocycles. The van der Waals surface area contributed by atoms with Gasteiger partial charge in [0.1, 0.15) is 23.1 Å². The summed E-state index contributed by atoms with van der Waals surface area (Å²) in [4.78, 5) is 22.0. The van der Waals surface area contributed by atoms with Crippen LogP contribution in [0.4, 0.5) is 5.82 Å². The Morgan fingerprint density at radius 2 is 1.84 bits per heavy atom. The smallest absolute Gasteiger partial charge is 0.271 e. The number of nitrogens with two attached hydrogens (primary N) is 1. The molecule has 0 saturated heterocycles. The third-order valence-corrected chi connectivity index (χ3v) is 6.91. The zero-order chi connectivity index (χ0) is 26.1. The van der Waals surface area contributed by atoms with Crippen molar-refractivity contribution in [3.8, 4) is 5.75 Å². The van der Waals surface area contributed by atoms with Gasteiger partial charge in [0.25, 0.3) is 5.91 Å². The average Bonchev–Trinajstić information content (AvgIpc) is 3.48. The van der Waals surface area contributed by atoms with E-state index in [0.717, 1.165) is 47.1 Å². The topological polar surface area (TPSA) is 113 Å². The summed E-state index contributed by atoms with van der Waals surface area (Å²) in [6.07, 6.45) is 9.47. The van der Waals surface area contributed by atoms with E-state index in [-0.39, 0.29) is 5.91 Å². The molecular formula is C29H29N7O2. The lowest BCUT2D eigenvalue weighted by Gasteiger charge is -2.13. The Hall–Kier alpha value is -4.66. The number of aromatic nitrogens is 5. The van der Waals surface area contributed by atoms with E-state index >= 15 is 0 Å². The average molecular weight is 508 g/mol. The molecule has 0 aliphatic heterocycles. The summed E-state index contributed by atoms with van der Waals surface area (Å²) in [5, 5.41) is 8.97. The Bertz CT molecular complexity index is 1590. The van der Waals surface area contributed by atoms with E-state index in [4.69, 9.17) is 15.5 Å². The largest absolute Gasteiger partial charge is 0.496 e. The number of anilines is 1. The van der Waals surface area contributed by atoms with E-state index in [1.165, 1.54) is 5.56 Å². The molecule has 6 rings (SSSR count). The molecule has 38 heavy (non-hydrogen) atoms. The fourth-order valence-electron chi connectivity index (χ4n) is 4.80. The lowest BCUT2D eigenvalue weighted by atomic mass is 10.1. The Morgan fingerprint density at radius 1 is 1.05 bits per heavy atom. The summed E-state index contributed by atoms with van der Waals surface area (Å²) in [5.41, 5.74) is 9.65. The fourth-order valence-corrected chi connectivity index (χ4v) is 4.80. The molecule has 1 fully saturated rings. The highest BCUT2D eigenvalue weighted by Crippen LogP contribution is 2.39. The van der Waals surface area contributed by atoms with Gasteiger partial charge in [-0.25, -0.2) is 9.97 Å². The number of nitrogens with zero attached hydrogens (tertiary/aromatic N) is 5. The van der Waals surface area contributed by atoms with Gasteiger partial charge >= 0.3 is 0 Å². The first-order chi connectivity index (χ1) is 18.6. The summed E-state index contributed by atoms with van der Waals surface area (Å²) >= 11 is 0. The number of carbonyl (C=O) groups is 1. The fraction of sp³-hybridized carbons (Fsp3) is 0.241. The number of ether oxygens (including phenoxy) is 1. The highest BCUT2D eigenvalue weighted by Gasteiger charge is 2.30. The van der Waals surface area contributed by atoms with Crippen LogP contribution in [0.15, 0.2) is 73.3 Å². The molecular weight excluding hydrogens is 478 g/mol. The van der Waals surface area contributed by atoms with Crippen molar-refractivity contribution in [3.63, 3.8) is 0 Å². The number of pyridine rings is 1. The molecule has 192 valence electrons. The molecule has 9 heteroatoms. The van der Waals surface area contributed by atoms with Crippen LogP contribution >= 0.6 is 0 Å². The van der Waals surface area contributed by atoms with E-state index in [9.17, 15) is 4.79 Å². The minimum absolute atomic E-state index is 0.211. The molecule has 3 heterocycles. The van der Waals surface area contributed by atoms with Crippen LogP contribution in [0.2, 0.25) is 0 Å². The van der Waals surface area contributed by atoms with E-state index in [1.807, 2.05) is 41.3 Å². The number of amides is 1. The maximum absolute atomic E-state index is 13.1. The molecule has 1 aliphatic carbocycles. The molecule has 9 nitrogen and oxygen atoms in total. The van der Waals surface area contributed by atoms with Crippen molar-refractivity contribution in [2.45, 2.75) is 38.4 Å². The number of carbonyl (C=O) groups excluding carboxylic acids is 1. The first-order valence-corrected chi connectivity index (χ1v) is 12.7. The third kappa shape index (κ3) is 4.82. The van der Waals surface area contributed by atoms with E-state index in [0.29, 0.717) is 36.3 Å². The maximum Gasteiger partial charge on any atom is 0.271 e. The highest BCUT2D eigenvalue weighted by atomic mass is 16.5. The standard InChI is InChI=1S/C29H29N7O2/c1-38-26-22(9-10-24-23(26)11-13-31-27(24)30)15-32-29(37)25-18-35(28(34-25)21-7-8-21)16-19-3-5-20(6-4-19)17-36-14-2-12-33-36/h2-6,9-14,18,21H,7-8,15-17H2,1H3,(H2,30,31)(H,32,37). The number of benzene rings is 2. The van der Waals surface area contributed by atoms with Crippen molar-refractivity contribution < 1.29 is 9.53 Å². The van der Waals surface area contributed by atoms with Crippen LogP contribution in [0.5, 0.6) is 5.75 Å². The van der Waals surface area contributed by atoms with Crippen LogP contribution in [-0.4, -0.2) is 37.3 Å². The first kappa shape index (κ1) is 23.7. The zero-order valence-electron chi connectivity index (χ0n) is 21.2. The monoisotopic (exact) mass is 507 g/mol. The second-order valence-electron chi connectivity index (χ2n) is 9.64. The number of fused-ring (bicyclic) bond motifs is 1. The number of rotatable bonds is 9. The van der Waals surface area contributed by atoms with Crippen molar-refractivity contribution >= 4 is 22.5 Å². The van der Waals surface area contributed by atoms with Gasteiger partial charge in [-0.1, -0.05) is 36.4 Å². The minimum Gasteiger partial charge on any atom is -0.496 e. The van der Waals surface area contributed by atoms with Crippen LogP contribution in [0.3, 0.4) is 0 Å². The van der Waals surface area contributed by atoms with Crippen LogP contribution in [-0.2, 0) is 19.6 Å². The molecule has 3 N–H and O–H groups in total. The van der Waals surface area contributed by atoms with Gasteiger partial charge in [-0.15, -0.1) is 0 Å². The molecule has 0 unspecified atom stereocenters. The molecule has 3 aromatic heterocycles. The van der Waals surface area contributed by atoms with Gasteiger partial charge in [-0.3, -0.25) is 9.48 Å². The van der Waals surface area contributed by atoms with Crippen molar-refractivity contribution in [2.75, 3.05) is 12.8 Å². The van der Waals surface area contributed by atoms with Crippen LogP contribution in [0, 0.1) is 0 Å². The summed E-state index contributed by atoms with van der Waals surface area (Å²) in [6.45, 7) is 1.72. The van der Waals surface area contributed by atoms with Gasteiger partial charge in [-0.05, 0) is 36.1 Å². The number of nitrogen functional groups attached to an aromatic ring is 1. The Kier molecular flexibility index (Phi) is 6.25. The van der Waals surface area contributed by atoms with E-state index < -0.39 is 0 Å². The second-order valence-corrected chi connectivity index (χ2v) is 9.64. The summed E-state index contributed by atoms with van der Waals surface area (Å²) in [5.74, 6) is 2.30. The maximum atomic E-state index is 13.1. The van der Waals surface area contributed by atoms with E-state index in [2.05, 4.69) is 44.2 Å². The lowest BCUT2D eigenvalue weighted by molar-refractivity contribution is 0.0946. The normalized spacial score (nSPS) is 13.1. The molecule has 0 spiro atoms. The predicted octanol–water partition coefficient (Wildman–Crippen LogP) is 4.12. The number of nitrogens with one attached hydrogen (secondary N) is 1. The van der Waals surface area contributed by atoms with Gasteiger partial charge in [0, 0.05) is 60.1 Å². The third-order valence-electron chi connectivity index (χ3n) is 6.91. The SMILES string of the molecule is COc1c(CNC(=O)c2cn(Cc3ccc(Cn4cccn4)cc3)c(C3CC3)n2)ccc2c(N)nccc12. The number of hydrogen-bond donors (Lipinski definition) is 2. The number of methoxy groups -OCH3 is 1. The van der Waals surface area contributed by atoms with Crippen LogP contribution in [0.25, 0.3) is 10.8 Å². The predicted molar refractivity (Wildman–Crippen MR) is 145 cm³/mol. The Balaban J connectivity index is 1.17. The molecule has 1 saturated carbocycles. The highest BCUT2D eigenvalue weighted by molar-refractivity contribution is 5.96. The van der Waals surface area contributed by atoms with Crippen LogP contribution in [0.1, 0.15) is 51.8 Å². The van der Waals surface area contributed by atoms with Crippen molar-refractivity contribution in [2.24, 2.45) is 0 Å². The van der Waals surface area contributed by atoms with Crippen molar-refractivity contribution in [1.82, 2.24) is 29.6 Å². The van der Waals surface area contributed by atoms with Crippen molar-refractivity contribution in [1.29, 1.82) is 0 Å². The van der Waals surface area contributed by atoms with Gasteiger partial charge in [0.05, 0.1) is 13.7 Å². The summed E-state index contributed by atoms with van der Waals surface area (Å²) < 4.78 is 9.68. The molecule has 0 bridgehead atoms. The van der Waals surface area contributed by atoms with E-state index in [1.54, 1.807) is 19.5 Å². The first-order valence-electron chi connectivity index (χ1n) is 12.7. The molecule has 0 atom stereocenters. The summed E-state index contributed by atoms with van der Waals surface area (Å²) in [7, 11) is 1.62. The second kappa shape index (κ2) is 10.0. The van der Waals surface area contributed by atoms with Gasteiger partial charge in [0.15, 0.2) is 0 Å². The van der Waals surface area contributed by atoms with Crippen LogP contribution < -0.4 is 15.8 Å². The zero-order valence-corrected chi connectivity index (χ0v) is 21.2. The van der Waals surface area contributed by atoms with Gasteiger partial charge in [-0.2, -0.15) is 5.10 Å². The minimum atomic E-state index is -0.211. The molecule has 1 aliphatic rings. The number of imidazole rings is 1. The Labute approximate surface area is 220 Å². The molecule has 5 aromatic rings. The van der Waals surface area contributed by atoms with Gasteiger partial charge in [0.2, 0.25) is 0 Å². The quantitative estimate of drug-likeness (QED) is 0.310. The number of hydrogen-bond acceptors (Lipinski definition) is 6.